The van der Waals surface area contributed by atoms with Gasteiger partial charge in [0.1, 0.15) is 5.75 Å². The third-order valence-electron chi connectivity index (χ3n) is 5.14. The first-order chi connectivity index (χ1) is 13.8. The molecule has 0 bridgehead atoms. The molecule has 2 rings (SSSR count). The first-order valence-electron chi connectivity index (χ1n) is 9.48. The molecular weight excluding hydrogens is 461 g/mol. The zero-order chi connectivity index (χ0) is 22.7. The second-order valence-electron chi connectivity index (χ2n) is 7.74. The van der Waals surface area contributed by atoms with E-state index in [4.69, 9.17) is 4.74 Å². The number of halogens is 4. The number of benzene rings is 1. The Kier molecular flexibility index (Phi) is 9.61. The lowest BCUT2D eigenvalue weighted by Crippen LogP contribution is -2.55. The average molecular weight is 489 g/mol. The van der Waals surface area contributed by atoms with E-state index in [0.29, 0.717) is 11.3 Å². The number of aliphatic hydroxyl groups excluding tert-OH is 1. The molecule has 0 aliphatic carbocycles. The van der Waals surface area contributed by atoms with Gasteiger partial charge in [0.2, 0.25) is 5.91 Å². The molecule has 1 aromatic carbocycles. The van der Waals surface area contributed by atoms with Crippen LogP contribution >= 0.6 is 12.4 Å². The van der Waals surface area contributed by atoms with Crippen molar-refractivity contribution in [3.8, 4) is 5.75 Å². The largest absolute Gasteiger partial charge is 0.497 e. The summed E-state index contributed by atoms with van der Waals surface area (Å²) in [5.41, 5.74) is 0.567. The van der Waals surface area contributed by atoms with Gasteiger partial charge in [0.05, 0.1) is 30.2 Å². The molecular formula is C19H28ClF3N2O5S. The molecule has 1 saturated heterocycles. The van der Waals surface area contributed by atoms with E-state index in [-0.39, 0.29) is 31.1 Å². The van der Waals surface area contributed by atoms with Gasteiger partial charge in [0, 0.05) is 6.54 Å². The summed E-state index contributed by atoms with van der Waals surface area (Å²) in [4.78, 5) is 12.4. The van der Waals surface area contributed by atoms with E-state index in [1.807, 2.05) is 0 Å². The molecule has 3 N–H and O–H groups in total. The lowest BCUT2D eigenvalue weighted by molar-refractivity contribution is -0.215. The molecule has 1 aromatic rings. The molecule has 0 aromatic heterocycles. The number of alkyl halides is 3. The fourth-order valence-corrected chi connectivity index (χ4v) is 5.06. The highest BCUT2D eigenvalue weighted by molar-refractivity contribution is 7.91. The summed E-state index contributed by atoms with van der Waals surface area (Å²) >= 11 is 0. The summed E-state index contributed by atoms with van der Waals surface area (Å²) in [7, 11) is -2.10. The Morgan fingerprint density at radius 1 is 1.29 bits per heavy atom. The predicted molar refractivity (Wildman–Crippen MR) is 112 cm³/mol. The summed E-state index contributed by atoms with van der Waals surface area (Å²) < 4.78 is 69.0. The topological polar surface area (TPSA) is 105 Å². The van der Waals surface area contributed by atoms with Crippen molar-refractivity contribution >= 4 is 28.2 Å². The number of sulfone groups is 1. The van der Waals surface area contributed by atoms with Crippen molar-refractivity contribution in [1.29, 1.82) is 0 Å². The lowest BCUT2D eigenvalue weighted by Gasteiger charge is -2.29. The van der Waals surface area contributed by atoms with E-state index >= 15 is 0 Å². The zero-order valence-corrected chi connectivity index (χ0v) is 19.0. The number of methoxy groups -OCH3 is 1. The SMILES string of the molecule is COc1ccc(CS(=O)(=O)[C@H]2CN[C@H](C(=O)N[C@@H](C(C)C)[C@H](O)C(F)(F)F)C2)cc1.Cl. The second kappa shape index (κ2) is 10.8. The number of rotatable bonds is 8. The van der Waals surface area contributed by atoms with Crippen LogP contribution in [0.1, 0.15) is 25.8 Å². The van der Waals surface area contributed by atoms with E-state index in [2.05, 4.69) is 10.6 Å². The highest BCUT2D eigenvalue weighted by Gasteiger charge is 2.46. The van der Waals surface area contributed by atoms with E-state index in [1.54, 1.807) is 24.3 Å². The number of nitrogens with one attached hydrogen (secondary N) is 2. The molecule has 1 heterocycles. The van der Waals surface area contributed by atoms with Crippen molar-refractivity contribution in [1.82, 2.24) is 10.6 Å². The maximum Gasteiger partial charge on any atom is 0.416 e. The van der Waals surface area contributed by atoms with Crippen LogP contribution in [0.25, 0.3) is 0 Å². The van der Waals surface area contributed by atoms with Crippen LogP contribution < -0.4 is 15.4 Å². The maximum absolute atomic E-state index is 12.9. The molecule has 0 radical (unpaired) electrons. The summed E-state index contributed by atoms with van der Waals surface area (Å²) in [6.45, 7) is 2.92. The Morgan fingerprint density at radius 3 is 2.35 bits per heavy atom. The minimum atomic E-state index is -4.88. The molecule has 1 aliphatic rings. The molecule has 12 heteroatoms. The van der Waals surface area contributed by atoms with Crippen LogP contribution in [0.4, 0.5) is 13.2 Å². The Morgan fingerprint density at radius 2 is 1.87 bits per heavy atom. The van der Waals surface area contributed by atoms with Crippen LogP contribution in [0.2, 0.25) is 0 Å². The van der Waals surface area contributed by atoms with Crippen LogP contribution in [0.15, 0.2) is 24.3 Å². The number of amides is 1. The standard InChI is InChI=1S/C19H27F3N2O5S.ClH/c1-11(2)16(17(25)19(20,21)22)24-18(26)15-8-14(9-23-15)30(27,28)10-12-4-6-13(29-3)7-5-12;/h4-7,11,14-17,23,25H,8-10H2,1-3H3,(H,24,26);1H/t14-,15+,16+,17+;/m1./s1. The van der Waals surface area contributed by atoms with E-state index in [9.17, 15) is 31.5 Å². The summed E-state index contributed by atoms with van der Waals surface area (Å²) in [6, 6.07) is 4.07. The van der Waals surface area contributed by atoms with Gasteiger partial charge < -0.3 is 20.5 Å². The smallest absolute Gasteiger partial charge is 0.416 e. The number of ether oxygens (including phenoxy) is 1. The van der Waals surface area contributed by atoms with Gasteiger partial charge in [-0.15, -0.1) is 12.4 Å². The van der Waals surface area contributed by atoms with Crippen LogP contribution in [0, 0.1) is 5.92 Å². The number of aliphatic hydroxyl groups is 1. The minimum absolute atomic E-state index is 0. The fourth-order valence-electron chi connectivity index (χ4n) is 3.33. The molecule has 0 saturated carbocycles. The van der Waals surface area contributed by atoms with Gasteiger partial charge in [0.15, 0.2) is 15.9 Å². The van der Waals surface area contributed by atoms with E-state index in [0.717, 1.165) is 0 Å². The van der Waals surface area contributed by atoms with Crippen molar-refractivity contribution in [2.24, 2.45) is 5.92 Å². The number of carbonyl (C=O) groups excluding carboxylic acids is 1. The summed E-state index contributed by atoms with van der Waals surface area (Å²) in [5.74, 6) is -1.07. The predicted octanol–water partition coefficient (Wildman–Crippen LogP) is 1.83. The molecule has 1 aliphatic heterocycles. The Balaban J connectivity index is 0.00000480. The third kappa shape index (κ3) is 7.23. The highest BCUT2D eigenvalue weighted by atomic mass is 35.5. The van der Waals surface area contributed by atoms with Crippen molar-refractivity contribution in [3.05, 3.63) is 29.8 Å². The van der Waals surface area contributed by atoms with E-state index in [1.165, 1.54) is 21.0 Å². The quantitative estimate of drug-likeness (QED) is 0.515. The van der Waals surface area contributed by atoms with Crippen LogP contribution in [0.5, 0.6) is 5.75 Å². The first-order valence-corrected chi connectivity index (χ1v) is 11.2. The van der Waals surface area contributed by atoms with Gasteiger partial charge in [-0.2, -0.15) is 13.2 Å². The van der Waals surface area contributed by atoms with Crippen LogP contribution in [-0.2, 0) is 20.4 Å². The van der Waals surface area contributed by atoms with Gasteiger partial charge in [0.25, 0.3) is 0 Å². The van der Waals surface area contributed by atoms with Crippen LogP contribution in [-0.4, -0.2) is 62.7 Å². The number of hydrogen-bond acceptors (Lipinski definition) is 6. The molecule has 0 spiro atoms. The van der Waals surface area contributed by atoms with Gasteiger partial charge in [-0.05, 0) is 30.0 Å². The molecule has 1 amide bonds. The third-order valence-corrected chi connectivity index (χ3v) is 7.26. The van der Waals surface area contributed by atoms with Gasteiger partial charge in [-0.25, -0.2) is 8.42 Å². The zero-order valence-electron chi connectivity index (χ0n) is 17.3. The normalized spacial score (nSPS) is 21.3. The fraction of sp³-hybridized carbons (Fsp3) is 0.632. The van der Waals surface area contributed by atoms with Crippen molar-refractivity contribution in [2.75, 3.05) is 13.7 Å². The minimum Gasteiger partial charge on any atom is -0.497 e. The van der Waals surface area contributed by atoms with Gasteiger partial charge in [-0.1, -0.05) is 26.0 Å². The van der Waals surface area contributed by atoms with Crippen molar-refractivity contribution in [3.63, 3.8) is 0 Å². The Bertz CT molecular complexity index is 834. The second-order valence-corrected chi connectivity index (χ2v) is 10.0. The first kappa shape index (κ1) is 27.5. The Hall–Kier alpha value is -1.56. The average Bonchev–Trinajstić information content (AvgIpc) is 3.16. The molecule has 7 nitrogen and oxygen atoms in total. The van der Waals surface area contributed by atoms with Crippen LogP contribution in [0.3, 0.4) is 0 Å². The van der Waals surface area contributed by atoms with Gasteiger partial charge in [-0.3, -0.25) is 4.79 Å². The summed E-state index contributed by atoms with van der Waals surface area (Å²) in [5, 5.41) is 13.7. The van der Waals surface area contributed by atoms with E-state index < -0.39 is 51.3 Å². The molecule has 4 atom stereocenters. The summed E-state index contributed by atoms with van der Waals surface area (Å²) in [6.07, 6.45) is -7.65. The van der Waals surface area contributed by atoms with Crippen molar-refractivity contribution < 1.29 is 36.2 Å². The number of carbonyl (C=O) groups is 1. The molecule has 1 fully saturated rings. The van der Waals surface area contributed by atoms with Crippen molar-refractivity contribution in [2.45, 2.75) is 55.6 Å². The monoisotopic (exact) mass is 488 g/mol. The number of hydrogen-bond donors (Lipinski definition) is 3. The maximum atomic E-state index is 12.9. The molecule has 178 valence electrons. The Labute approximate surface area is 186 Å². The van der Waals surface area contributed by atoms with Gasteiger partial charge >= 0.3 is 6.18 Å². The highest BCUT2D eigenvalue weighted by Crippen LogP contribution is 2.26. The lowest BCUT2D eigenvalue weighted by atomic mass is 9.97. The molecule has 31 heavy (non-hydrogen) atoms. The molecule has 0 unspecified atom stereocenters.